The molecule has 1 amide bonds. The molecule has 3 aliphatic heterocycles. The van der Waals surface area contributed by atoms with E-state index in [9.17, 15) is 4.79 Å². The van der Waals surface area contributed by atoms with E-state index >= 15 is 0 Å². The highest BCUT2D eigenvalue weighted by Gasteiger charge is 2.56. The van der Waals surface area contributed by atoms with Gasteiger partial charge in [0.05, 0.1) is 21.1 Å². The molecule has 7 nitrogen and oxygen atoms in total. The molecule has 2 saturated heterocycles. The number of likely N-dealkylation sites (N-methyl/N-ethyl adjacent to an activating group) is 4. The van der Waals surface area contributed by atoms with Crippen LogP contribution in [0, 0.1) is 17.8 Å². The van der Waals surface area contributed by atoms with Crippen molar-refractivity contribution in [1.29, 1.82) is 0 Å². The van der Waals surface area contributed by atoms with E-state index in [4.69, 9.17) is 9.73 Å². The van der Waals surface area contributed by atoms with E-state index in [-0.39, 0.29) is 18.2 Å². The summed E-state index contributed by atoms with van der Waals surface area (Å²) in [6, 6.07) is 8.30. The highest BCUT2D eigenvalue weighted by atomic mass is 16.6. The molecule has 0 radical (unpaired) electrons. The Morgan fingerprint density at radius 2 is 1.83 bits per heavy atom. The van der Waals surface area contributed by atoms with Crippen molar-refractivity contribution in [1.82, 2.24) is 14.3 Å². The molecular formula is C28H41N5O2+2. The van der Waals surface area contributed by atoms with Gasteiger partial charge in [0.2, 0.25) is 5.91 Å². The lowest BCUT2D eigenvalue weighted by Gasteiger charge is -2.50. The second-order valence-corrected chi connectivity index (χ2v) is 11.7. The number of piperazine rings is 1. The molecule has 0 spiro atoms. The summed E-state index contributed by atoms with van der Waals surface area (Å²) in [6.45, 7) is 7.03. The summed E-state index contributed by atoms with van der Waals surface area (Å²) in [4.78, 5) is 22.1. The second kappa shape index (κ2) is 8.66. The fraction of sp³-hybridized carbons (Fsp3) is 0.571. The number of hydrogen-bond acceptors (Lipinski definition) is 4. The van der Waals surface area contributed by atoms with Crippen molar-refractivity contribution in [3.8, 4) is 0 Å². The van der Waals surface area contributed by atoms with Gasteiger partial charge in [-0.3, -0.25) is 14.4 Å². The van der Waals surface area contributed by atoms with E-state index in [0.29, 0.717) is 29.0 Å². The van der Waals surface area contributed by atoms with Gasteiger partial charge in [0.15, 0.2) is 6.73 Å². The van der Waals surface area contributed by atoms with Gasteiger partial charge in [-0.25, -0.2) is 8.97 Å². The summed E-state index contributed by atoms with van der Waals surface area (Å²) in [5.74, 6) is 2.73. The number of amidine groups is 1. The molecule has 2 fully saturated rings. The number of nitrogens with zero attached hydrogens (tertiary/aromatic N) is 5. The number of amides is 1. The Balaban J connectivity index is 1.47. The molecule has 35 heavy (non-hydrogen) atoms. The predicted molar refractivity (Wildman–Crippen MR) is 140 cm³/mol. The zero-order valence-corrected chi connectivity index (χ0v) is 22.3. The van der Waals surface area contributed by atoms with Gasteiger partial charge in [-0.1, -0.05) is 38.1 Å². The maximum atomic E-state index is 12.9. The van der Waals surface area contributed by atoms with Crippen LogP contribution in [0.1, 0.15) is 31.9 Å². The minimum Gasteiger partial charge on any atom is -0.343 e. The van der Waals surface area contributed by atoms with Crippen molar-refractivity contribution in [2.45, 2.75) is 32.5 Å². The van der Waals surface area contributed by atoms with Gasteiger partial charge in [0.1, 0.15) is 23.6 Å². The number of ether oxygens (including phenoxy) is 1. The lowest BCUT2D eigenvalue weighted by atomic mass is 9.76. The smallest absolute Gasteiger partial charge is 0.300 e. The van der Waals surface area contributed by atoms with Crippen molar-refractivity contribution < 1.29 is 14.0 Å². The molecule has 1 aromatic rings. The third-order valence-electron chi connectivity index (χ3n) is 8.86. The van der Waals surface area contributed by atoms with Gasteiger partial charge < -0.3 is 4.90 Å². The van der Waals surface area contributed by atoms with Crippen LogP contribution < -0.4 is 4.48 Å². The number of hydrogen-bond donors (Lipinski definition) is 0. The molecule has 0 saturated carbocycles. The molecule has 0 N–H and O–H groups in total. The number of carbonyl (C=O) groups excluding carboxylic acids is 1. The minimum atomic E-state index is -0.226. The predicted octanol–water partition coefficient (Wildman–Crippen LogP) is 3.56. The first-order valence-electron chi connectivity index (χ1n) is 12.9. The van der Waals surface area contributed by atoms with Gasteiger partial charge in [-0.05, 0) is 43.0 Å². The summed E-state index contributed by atoms with van der Waals surface area (Å²) in [5.41, 5.74) is 3.34. The summed E-state index contributed by atoms with van der Waals surface area (Å²) in [5, 5.41) is 0. The van der Waals surface area contributed by atoms with Crippen LogP contribution >= 0.6 is 0 Å². The van der Waals surface area contributed by atoms with Crippen LogP contribution in [0.4, 0.5) is 5.69 Å². The molecular weight excluding hydrogens is 438 g/mol. The highest BCUT2D eigenvalue weighted by Crippen LogP contribution is 2.41. The van der Waals surface area contributed by atoms with Crippen molar-refractivity contribution in [2.24, 2.45) is 22.7 Å². The Morgan fingerprint density at radius 1 is 1.11 bits per heavy atom. The number of fused-ring (bicyclic) bond motifs is 1. The Kier molecular flexibility index (Phi) is 6.03. The summed E-state index contributed by atoms with van der Waals surface area (Å²) >= 11 is 0. The van der Waals surface area contributed by atoms with Crippen LogP contribution in [-0.4, -0.2) is 87.3 Å². The first-order valence-corrected chi connectivity index (χ1v) is 12.9. The summed E-state index contributed by atoms with van der Waals surface area (Å²) < 4.78 is 7.37. The van der Waals surface area contributed by atoms with Crippen LogP contribution in [0.2, 0.25) is 0 Å². The monoisotopic (exact) mass is 479 g/mol. The van der Waals surface area contributed by atoms with Crippen LogP contribution in [0.15, 0.2) is 53.3 Å². The van der Waals surface area contributed by atoms with E-state index in [1.807, 2.05) is 19.0 Å². The first kappa shape index (κ1) is 24.4. The topological polar surface area (TPSA) is 45.1 Å². The van der Waals surface area contributed by atoms with E-state index in [1.54, 1.807) is 0 Å². The van der Waals surface area contributed by atoms with Gasteiger partial charge in [-0.15, -0.1) is 0 Å². The largest absolute Gasteiger partial charge is 0.343 e. The molecule has 3 heterocycles. The van der Waals surface area contributed by atoms with Gasteiger partial charge >= 0.3 is 0 Å². The number of quaternary nitrogens is 2. The van der Waals surface area contributed by atoms with Gasteiger partial charge in [-0.2, -0.15) is 4.99 Å². The lowest BCUT2D eigenvalue weighted by molar-refractivity contribution is -0.986. The molecule has 188 valence electrons. The maximum Gasteiger partial charge on any atom is 0.300 e. The van der Waals surface area contributed by atoms with E-state index in [1.165, 1.54) is 0 Å². The zero-order chi connectivity index (χ0) is 25.1. The van der Waals surface area contributed by atoms with Crippen molar-refractivity contribution in [3.05, 3.63) is 53.9 Å². The molecule has 0 bridgehead atoms. The van der Waals surface area contributed by atoms with Crippen LogP contribution in [-0.2, 0) is 9.53 Å². The van der Waals surface area contributed by atoms with Crippen LogP contribution in [0.25, 0.3) is 0 Å². The van der Waals surface area contributed by atoms with Crippen molar-refractivity contribution in [2.75, 3.05) is 55.1 Å². The molecule has 1 aliphatic carbocycles. The number of carbonyl (C=O) groups is 1. The Hall–Kier alpha value is -2.32. The van der Waals surface area contributed by atoms with E-state index in [2.05, 4.69) is 82.5 Å². The number of aliphatic imine (C=N–C) groups is 1. The van der Waals surface area contributed by atoms with Crippen LogP contribution in [0.5, 0.6) is 0 Å². The normalized spacial score (nSPS) is 35.8. The molecule has 7 heteroatoms. The number of benzene rings is 1. The molecule has 1 aromatic carbocycles. The van der Waals surface area contributed by atoms with Crippen molar-refractivity contribution in [3.63, 3.8) is 0 Å². The SMILES string of the molecule is CC1CC=CC(C2=C[N+]3(C)COC3C([N+](C)(C)c3ccc(C4C(=O)N(C)CCN4C)cc3)=N2)C1C. The van der Waals surface area contributed by atoms with E-state index in [0.717, 1.165) is 46.8 Å². The lowest BCUT2D eigenvalue weighted by Crippen LogP contribution is -2.71. The van der Waals surface area contributed by atoms with E-state index < -0.39 is 0 Å². The van der Waals surface area contributed by atoms with Crippen LogP contribution in [0.3, 0.4) is 0 Å². The standard InChI is InChI=1S/C28H41N5O2/c1-19-9-8-10-23(20(19)2)24-17-33(7)18-35-28(33)26(29-24)32(5,6)22-13-11-21(12-14-22)25-27(34)31(4)16-15-30(25)3/h8,10-14,17,19-20,23,25,28H,9,15-16,18H2,1-7H3/q+2. The third-order valence-corrected chi connectivity index (χ3v) is 8.86. The average Bonchev–Trinajstić information content (AvgIpc) is 2.81. The number of allylic oxidation sites excluding steroid dienone is 2. The zero-order valence-electron chi connectivity index (χ0n) is 22.3. The Labute approximate surface area is 210 Å². The second-order valence-electron chi connectivity index (χ2n) is 11.7. The summed E-state index contributed by atoms with van der Waals surface area (Å²) in [6.07, 6.45) is 8.07. The fourth-order valence-corrected chi connectivity index (χ4v) is 5.96. The van der Waals surface area contributed by atoms with Crippen molar-refractivity contribution >= 4 is 17.4 Å². The molecule has 6 atom stereocenters. The molecule has 6 unspecified atom stereocenters. The highest BCUT2D eigenvalue weighted by molar-refractivity contribution is 5.96. The molecule has 5 rings (SSSR count). The first-order chi connectivity index (χ1) is 16.5. The third kappa shape index (κ3) is 3.99. The maximum absolute atomic E-state index is 12.9. The fourth-order valence-electron chi connectivity index (χ4n) is 5.96. The molecule has 4 aliphatic rings. The Bertz CT molecular complexity index is 1090. The van der Waals surface area contributed by atoms with Gasteiger partial charge in [0, 0.05) is 26.1 Å². The quantitative estimate of drug-likeness (QED) is 0.492. The van der Waals surface area contributed by atoms with Gasteiger partial charge in [0.25, 0.3) is 12.1 Å². The minimum absolute atomic E-state index is 0.0755. The molecule has 0 aromatic heterocycles. The summed E-state index contributed by atoms with van der Waals surface area (Å²) in [7, 11) is 10.5. The Morgan fingerprint density at radius 3 is 2.49 bits per heavy atom. The average molecular weight is 480 g/mol. The number of rotatable bonds is 3.